The number of nitrogens with one attached hydrogen (secondary N) is 4. The summed E-state index contributed by atoms with van der Waals surface area (Å²) in [5.74, 6) is -7.73. The van der Waals surface area contributed by atoms with Gasteiger partial charge in [0.15, 0.2) is 0 Å². The van der Waals surface area contributed by atoms with Gasteiger partial charge in [-0.3, -0.25) is 52.7 Å². The van der Waals surface area contributed by atoms with E-state index in [4.69, 9.17) is 11.6 Å². The van der Waals surface area contributed by atoms with Gasteiger partial charge in [0, 0.05) is 60.8 Å². The lowest BCUT2D eigenvalue weighted by Gasteiger charge is -2.39. The van der Waals surface area contributed by atoms with Gasteiger partial charge in [-0.15, -0.1) is 0 Å². The Balaban J connectivity index is 1.53. The molecule has 1 aromatic rings. The number of halogens is 4. The molecule has 0 bridgehead atoms. The second-order valence-electron chi connectivity index (χ2n) is 25.3. The van der Waals surface area contributed by atoms with Crippen LogP contribution >= 0.6 is 11.6 Å². The van der Waals surface area contributed by atoms with Crippen LogP contribution in [-0.2, 0) is 65.3 Å². The fraction of sp³-hybridized carbons (Fsp3) is 0.726. The van der Waals surface area contributed by atoms with Gasteiger partial charge in [0.1, 0.15) is 41.8 Å². The maximum atomic E-state index is 15.0. The Morgan fingerprint density at radius 1 is 0.682 bits per heavy atom. The molecular weight excluding hydrogens is 1170 g/mol. The van der Waals surface area contributed by atoms with Crippen LogP contribution in [0.1, 0.15) is 156 Å². The van der Waals surface area contributed by atoms with Gasteiger partial charge in [0.05, 0.1) is 30.2 Å². The molecule has 11 amide bonds. The van der Waals surface area contributed by atoms with Gasteiger partial charge in [-0.1, -0.05) is 96.7 Å². The summed E-state index contributed by atoms with van der Waals surface area (Å²) < 4.78 is 41.2. The van der Waals surface area contributed by atoms with Gasteiger partial charge in [0.2, 0.25) is 65.0 Å². The maximum absolute atomic E-state index is 15.0. The third-order valence-electron chi connectivity index (χ3n) is 18.3. The number of rotatable bonds is 9. The van der Waals surface area contributed by atoms with E-state index in [0.717, 1.165) is 58.9 Å². The van der Waals surface area contributed by atoms with E-state index in [2.05, 4.69) is 21.3 Å². The number of carbonyl (C=O) groups is 11. The van der Waals surface area contributed by atoms with E-state index in [9.17, 15) is 65.9 Å². The first-order chi connectivity index (χ1) is 41.3. The summed E-state index contributed by atoms with van der Waals surface area (Å²) in [4.78, 5) is 167. The molecule has 4 fully saturated rings. The normalized spacial score (nSPS) is 26.6. The van der Waals surface area contributed by atoms with E-state index < -0.39 is 161 Å². The van der Waals surface area contributed by atoms with Gasteiger partial charge in [-0.25, -0.2) is 0 Å². The van der Waals surface area contributed by atoms with Crippen molar-refractivity contribution >= 4 is 76.6 Å². The van der Waals surface area contributed by atoms with Crippen molar-refractivity contribution in [2.45, 2.75) is 205 Å². The average molecular weight is 1260 g/mol. The number of fused-ring (bicyclic) bond motifs is 1. The van der Waals surface area contributed by atoms with E-state index in [1.807, 2.05) is 6.92 Å². The predicted octanol–water partition coefficient (Wildman–Crippen LogP) is 4.53. The second kappa shape index (κ2) is 31.8. The summed E-state index contributed by atoms with van der Waals surface area (Å²) in [5.41, 5.74) is -2.24. The van der Waals surface area contributed by atoms with Crippen molar-refractivity contribution in [1.29, 1.82) is 0 Å². The zero-order valence-electron chi connectivity index (χ0n) is 53.5. The maximum Gasteiger partial charge on any atom is 0.417 e. The number of amides is 11. The average Bonchev–Trinajstić information content (AvgIpc) is 2.59. The lowest BCUT2D eigenvalue weighted by atomic mass is 9.84. The predicted molar refractivity (Wildman–Crippen MR) is 323 cm³/mol. The fourth-order valence-corrected chi connectivity index (χ4v) is 13.1. The molecule has 0 radical (unpaired) electrons. The molecule has 1 aromatic carbocycles. The number of alkyl halides is 3. The standard InChI is InChI=1S/C62H95ClF3N11O11/c1-13-38(5)52-59(87)73(10)35-50(80)71(8)36-51(81)74(11)47(33-41-21-16-15-17-22-41)58(86)72(9)34-48(78)68-45(27-25-42-24-26-43(44(63)32-42)62(64,65)66)57(85)77-30-20-23-46(77)55(83)70-61(28-18-19-29-61)60(88)75(12)53(37(3)4)56(84)67-39(6)31-49(79)76(14-2)40(7)54(82)69-52/h24,26,32,37-41,45-47,52-53H,13-23,25,27-31,33-36H2,1-12H3,(H,67,84)(H,68,78)(H,69,82)(H,70,83)/t38-,39+,40-,45-,46?,47-,52-,53-/m0/s1. The largest absolute Gasteiger partial charge is 0.417 e. The smallest absolute Gasteiger partial charge is 0.351 e. The number of likely N-dealkylation sites (N-methyl/N-ethyl adjacent to an activating group) is 6. The lowest BCUT2D eigenvalue weighted by molar-refractivity contribution is -0.149. The van der Waals surface area contributed by atoms with Crippen LogP contribution in [0.2, 0.25) is 5.02 Å². The van der Waals surface area contributed by atoms with E-state index >= 15 is 0 Å². The molecule has 0 aromatic heterocycles. The highest BCUT2D eigenvalue weighted by molar-refractivity contribution is 6.31. The van der Waals surface area contributed by atoms with E-state index in [-0.39, 0.29) is 64.0 Å². The molecule has 4 aliphatic rings. The molecule has 2 saturated heterocycles. The molecule has 2 saturated carbocycles. The highest BCUT2D eigenvalue weighted by Crippen LogP contribution is 2.37. The zero-order valence-corrected chi connectivity index (χ0v) is 54.2. The minimum absolute atomic E-state index is 0.0357. The van der Waals surface area contributed by atoms with Crippen molar-refractivity contribution in [3.63, 3.8) is 0 Å². The summed E-state index contributed by atoms with van der Waals surface area (Å²) in [6.07, 6.45) is 1.87. The van der Waals surface area contributed by atoms with Gasteiger partial charge in [-0.2, -0.15) is 13.2 Å². The van der Waals surface area contributed by atoms with Crippen LogP contribution in [0.5, 0.6) is 0 Å². The molecule has 4 N–H and O–H groups in total. The Labute approximate surface area is 521 Å². The number of carbonyl (C=O) groups excluding carboxylic acids is 11. The first-order valence-electron chi connectivity index (χ1n) is 31.2. The first-order valence-corrected chi connectivity index (χ1v) is 31.6. The summed E-state index contributed by atoms with van der Waals surface area (Å²) >= 11 is 6.10. The quantitative estimate of drug-likeness (QED) is 0.267. The summed E-state index contributed by atoms with van der Waals surface area (Å²) in [6.45, 7) is 10.4. The summed E-state index contributed by atoms with van der Waals surface area (Å²) in [5, 5.41) is 10.9. The van der Waals surface area contributed by atoms with Crippen LogP contribution in [0.3, 0.4) is 0 Å². The van der Waals surface area contributed by atoms with Crippen molar-refractivity contribution in [3.05, 3.63) is 34.3 Å². The van der Waals surface area contributed by atoms with Crippen molar-refractivity contribution in [2.75, 3.05) is 68.0 Å². The molecule has 1 spiro atoms. The first kappa shape index (κ1) is 72.2. The molecule has 1 unspecified atom stereocenters. The van der Waals surface area contributed by atoms with E-state index in [0.29, 0.717) is 31.2 Å². The highest BCUT2D eigenvalue weighted by atomic mass is 35.5. The molecule has 492 valence electrons. The van der Waals surface area contributed by atoms with Gasteiger partial charge >= 0.3 is 6.18 Å². The van der Waals surface area contributed by atoms with Crippen LogP contribution in [0, 0.1) is 17.8 Å². The molecule has 88 heavy (non-hydrogen) atoms. The topological polar surface area (TPSA) is 259 Å². The van der Waals surface area contributed by atoms with Crippen LogP contribution < -0.4 is 21.3 Å². The SMILES string of the molecule is CC[C@H](C)[C@@H]1NC(=O)[C@H](C)N(CC)C(=O)C[C@@H](C)NC(=O)[C@H](C(C)C)N(C)C(=O)C2(CCCC2)NC(=O)C2CCCN2C(=O)[C@H](CCc2ccc(C(F)(F)F)c(Cl)c2)NC(=O)CN(C)C(=O)[C@H](CC2CCCCC2)N(C)C(=O)CN(C)C(=O)CN(C)C1=O. The van der Waals surface area contributed by atoms with Crippen LogP contribution in [0.4, 0.5) is 13.2 Å². The second-order valence-corrected chi connectivity index (χ2v) is 25.7. The van der Waals surface area contributed by atoms with E-state index in [1.165, 1.54) is 67.8 Å². The number of aryl methyl sites for hydroxylation is 1. The lowest BCUT2D eigenvalue weighted by Crippen LogP contribution is -2.64. The molecule has 22 nitrogen and oxygen atoms in total. The van der Waals surface area contributed by atoms with Gasteiger partial charge in [0.25, 0.3) is 0 Å². The summed E-state index contributed by atoms with van der Waals surface area (Å²) in [7, 11) is 7.05. The monoisotopic (exact) mass is 1260 g/mol. The van der Waals surface area contributed by atoms with E-state index in [1.54, 1.807) is 34.6 Å². The van der Waals surface area contributed by atoms with Crippen molar-refractivity contribution in [3.8, 4) is 0 Å². The Kier molecular flexibility index (Phi) is 26.1. The Bertz CT molecular complexity index is 2710. The Hall–Kier alpha value is -6.53. The van der Waals surface area contributed by atoms with Crippen LogP contribution in [0.25, 0.3) is 0 Å². The minimum atomic E-state index is -4.74. The minimum Gasteiger partial charge on any atom is -0.351 e. The highest BCUT2D eigenvalue weighted by Gasteiger charge is 2.49. The van der Waals surface area contributed by atoms with Crippen molar-refractivity contribution in [2.24, 2.45) is 17.8 Å². The number of benzene rings is 1. The molecule has 2 heterocycles. The van der Waals surface area contributed by atoms with Crippen molar-refractivity contribution in [1.82, 2.24) is 55.6 Å². The molecule has 5 rings (SSSR count). The summed E-state index contributed by atoms with van der Waals surface area (Å²) in [6, 6.07) is -4.59. The third-order valence-corrected chi connectivity index (χ3v) is 18.6. The van der Waals surface area contributed by atoms with Gasteiger partial charge in [-0.05, 0) is 101 Å². The molecule has 26 heteroatoms. The molecule has 8 atom stereocenters. The number of hydrogen-bond donors (Lipinski definition) is 4. The van der Waals surface area contributed by atoms with Crippen LogP contribution in [-0.4, -0.2) is 215 Å². The zero-order chi connectivity index (χ0) is 65.7. The Morgan fingerprint density at radius 2 is 1.31 bits per heavy atom. The van der Waals surface area contributed by atoms with Crippen LogP contribution in [0.15, 0.2) is 18.2 Å². The fourth-order valence-electron chi connectivity index (χ4n) is 12.8. The number of hydrogen-bond acceptors (Lipinski definition) is 11. The van der Waals surface area contributed by atoms with Crippen molar-refractivity contribution < 1.29 is 65.9 Å². The van der Waals surface area contributed by atoms with Gasteiger partial charge < -0.3 is 55.6 Å². The molecular formula is C62H95ClF3N11O11. The third kappa shape index (κ3) is 18.3. The molecule has 2 aliphatic carbocycles. The number of nitrogens with zero attached hydrogens (tertiary/aromatic N) is 7. The molecule has 2 aliphatic heterocycles. The Morgan fingerprint density at radius 3 is 1.90 bits per heavy atom.